The highest BCUT2D eigenvalue weighted by molar-refractivity contribution is 6.01. The lowest BCUT2D eigenvalue weighted by Gasteiger charge is -2.37. The highest BCUT2D eigenvalue weighted by Gasteiger charge is 2.54. The molecule has 0 aromatic heterocycles. The number of fused-ring (bicyclic) bond motifs is 1. The summed E-state index contributed by atoms with van der Waals surface area (Å²) in [5, 5.41) is 6.30. The SMILES string of the molecule is CC(C)CC(NC(=O)c1ccc(N2CCNCC2)cc1)C(=O)N1CCC2C1C(=O)CN2C(=O)C1(N)CCCCC1. The highest BCUT2D eigenvalue weighted by Crippen LogP contribution is 2.35. The molecule has 40 heavy (non-hydrogen) atoms. The molecule has 5 rings (SSSR count). The Bertz CT molecular complexity index is 1110. The van der Waals surface area contributed by atoms with E-state index in [1.54, 1.807) is 21.9 Å². The molecule has 1 aromatic rings. The molecule has 0 radical (unpaired) electrons. The van der Waals surface area contributed by atoms with Crippen LogP contribution in [0, 0.1) is 5.92 Å². The largest absolute Gasteiger partial charge is 0.369 e. The molecule has 1 aromatic carbocycles. The van der Waals surface area contributed by atoms with Gasteiger partial charge in [-0.2, -0.15) is 0 Å². The summed E-state index contributed by atoms with van der Waals surface area (Å²) in [5.74, 6) is -0.683. The zero-order valence-corrected chi connectivity index (χ0v) is 23.9. The number of anilines is 1. The number of nitrogens with two attached hydrogens (primary N) is 1. The quantitative estimate of drug-likeness (QED) is 0.465. The van der Waals surface area contributed by atoms with Crippen LogP contribution in [-0.2, 0) is 14.4 Å². The molecule has 3 unspecified atom stereocenters. The van der Waals surface area contributed by atoms with Gasteiger partial charge in [-0.1, -0.05) is 33.1 Å². The fourth-order valence-electron chi connectivity index (χ4n) is 6.90. The van der Waals surface area contributed by atoms with Crippen LogP contribution >= 0.6 is 0 Å². The first kappa shape index (κ1) is 28.5. The Kier molecular flexibility index (Phi) is 8.47. The van der Waals surface area contributed by atoms with E-state index in [2.05, 4.69) is 15.5 Å². The zero-order valence-electron chi connectivity index (χ0n) is 23.9. The van der Waals surface area contributed by atoms with Crippen LogP contribution in [0.5, 0.6) is 0 Å². The number of amides is 3. The van der Waals surface area contributed by atoms with E-state index in [1.165, 1.54) is 0 Å². The molecule has 4 N–H and O–H groups in total. The van der Waals surface area contributed by atoms with Gasteiger partial charge in [0.25, 0.3) is 5.91 Å². The third-order valence-corrected chi connectivity index (χ3v) is 9.06. The molecule has 0 bridgehead atoms. The maximum Gasteiger partial charge on any atom is 0.251 e. The van der Waals surface area contributed by atoms with Crippen LogP contribution in [-0.4, -0.2) is 96.2 Å². The minimum Gasteiger partial charge on any atom is -0.369 e. The van der Waals surface area contributed by atoms with Crippen LogP contribution in [0.4, 0.5) is 5.69 Å². The molecular formula is C30H44N6O4. The first-order valence-corrected chi connectivity index (χ1v) is 15.0. The molecule has 3 amide bonds. The van der Waals surface area contributed by atoms with E-state index in [0.717, 1.165) is 51.1 Å². The van der Waals surface area contributed by atoms with E-state index in [4.69, 9.17) is 5.73 Å². The van der Waals surface area contributed by atoms with Crippen molar-refractivity contribution in [2.45, 2.75) is 82.5 Å². The second-order valence-corrected chi connectivity index (χ2v) is 12.4. The molecule has 3 saturated heterocycles. The minimum absolute atomic E-state index is 0.00245. The van der Waals surface area contributed by atoms with Crippen LogP contribution < -0.4 is 21.3 Å². The number of carbonyl (C=O) groups excluding carboxylic acids is 4. The van der Waals surface area contributed by atoms with Crippen molar-refractivity contribution in [3.63, 3.8) is 0 Å². The Hall–Kier alpha value is -2.98. The molecule has 3 atom stereocenters. The third-order valence-electron chi connectivity index (χ3n) is 9.06. The second kappa shape index (κ2) is 11.9. The maximum absolute atomic E-state index is 13.9. The molecule has 10 heteroatoms. The third kappa shape index (κ3) is 5.74. The molecule has 3 heterocycles. The van der Waals surface area contributed by atoms with Gasteiger partial charge in [0, 0.05) is 44.0 Å². The van der Waals surface area contributed by atoms with Crippen molar-refractivity contribution in [1.29, 1.82) is 0 Å². The highest BCUT2D eigenvalue weighted by atomic mass is 16.2. The number of hydrogen-bond donors (Lipinski definition) is 3. The fourth-order valence-corrected chi connectivity index (χ4v) is 6.90. The number of Topliss-reactive ketones (excluding diaryl/α,β-unsaturated/α-hetero) is 1. The van der Waals surface area contributed by atoms with Crippen LogP contribution in [0.25, 0.3) is 0 Å². The predicted octanol–water partition coefficient (Wildman–Crippen LogP) is 1.28. The van der Waals surface area contributed by atoms with Crippen LogP contribution in [0.1, 0.15) is 69.2 Å². The van der Waals surface area contributed by atoms with Gasteiger partial charge in [0.1, 0.15) is 12.1 Å². The van der Waals surface area contributed by atoms with Crippen molar-refractivity contribution in [3.8, 4) is 0 Å². The first-order valence-electron chi connectivity index (χ1n) is 15.0. The first-order chi connectivity index (χ1) is 19.2. The average Bonchev–Trinajstić information content (AvgIpc) is 3.54. The number of nitrogens with one attached hydrogen (secondary N) is 2. The monoisotopic (exact) mass is 552 g/mol. The Morgan fingerprint density at radius 2 is 1.70 bits per heavy atom. The van der Waals surface area contributed by atoms with Crippen molar-refractivity contribution in [1.82, 2.24) is 20.4 Å². The average molecular weight is 553 g/mol. The standard InChI is InChI=1S/C30H44N6O4/c1-20(2)18-23(33-27(38)21-6-8-22(9-7-21)34-16-13-32-14-17-34)28(39)35-15-10-24-26(35)25(37)19-36(24)29(40)30(31)11-4-3-5-12-30/h6-9,20,23-24,26,32H,3-5,10-19,31H2,1-2H3,(H,33,38). The number of rotatable bonds is 7. The normalized spacial score (nSPS) is 25.2. The minimum atomic E-state index is -0.917. The summed E-state index contributed by atoms with van der Waals surface area (Å²) in [6.45, 7) is 8.09. The number of nitrogens with zero attached hydrogens (tertiary/aromatic N) is 3. The predicted molar refractivity (Wildman–Crippen MR) is 153 cm³/mol. The number of benzene rings is 1. The molecule has 4 aliphatic rings. The summed E-state index contributed by atoms with van der Waals surface area (Å²) < 4.78 is 0. The Balaban J connectivity index is 1.27. The Morgan fingerprint density at radius 3 is 2.35 bits per heavy atom. The van der Waals surface area contributed by atoms with E-state index in [1.807, 2.05) is 26.0 Å². The van der Waals surface area contributed by atoms with E-state index in [0.29, 0.717) is 37.8 Å². The van der Waals surface area contributed by atoms with Gasteiger partial charge in [-0.15, -0.1) is 0 Å². The van der Waals surface area contributed by atoms with Gasteiger partial charge in [0.2, 0.25) is 11.8 Å². The van der Waals surface area contributed by atoms with Crippen molar-refractivity contribution in [3.05, 3.63) is 29.8 Å². The summed E-state index contributed by atoms with van der Waals surface area (Å²) in [4.78, 5) is 59.3. The number of likely N-dealkylation sites (tertiary alicyclic amines) is 2. The number of piperazine rings is 1. The van der Waals surface area contributed by atoms with Gasteiger partial charge in [-0.05, 0) is 55.9 Å². The van der Waals surface area contributed by atoms with E-state index in [-0.39, 0.29) is 42.0 Å². The lowest BCUT2D eigenvalue weighted by molar-refractivity contribution is -0.140. The van der Waals surface area contributed by atoms with Gasteiger partial charge in [-0.25, -0.2) is 0 Å². The van der Waals surface area contributed by atoms with Crippen LogP contribution in [0.3, 0.4) is 0 Å². The summed E-state index contributed by atoms with van der Waals surface area (Å²) in [7, 11) is 0. The molecule has 218 valence electrons. The van der Waals surface area contributed by atoms with Gasteiger partial charge in [-0.3, -0.25) is 19.2 Å². The van der Waals surface area contributed by atoms with Gasteiger partial charge < -0.3 is 31.1 Å². The Morgan fingerprint density at radius 1 is 1.02 bits per heavy atom. The van der Waals surface area contributed by atoms with Crippen molar-refractivity contribution < 1.29 is 19.2 Å². The molecule has 0 spiro atoms. The number of carbonyl (C=O) groups is 4. The topological polar surface area (TPSA) is 128 Å². The summed E-state index contributed by atoms with van der Waals surface area (Å²) >= 11 is 0. The summed E-state index contributed by atoms with van der Waals surface area (Å²) in [6, 6.07) is 5.72. The molecule has 3 aliphatic heterocycles. The summed E-state index contributed by atoms with van der Waals surface area (Å²) in [6.07, 6.45) is 5.17. The Labute approximate surface area is 237 Å². The second-order valence-electron chi connectivity index (χ2n) is 12.4. The number of ketones is 1. The molecule has 1 saturated carbocycles. The van der Waals surface area contributed by atoms with Gasteiger partial charge in [0.15, 0.2) is 5.78 Å². The summed E-state index contributed by atoms with van der Waals surface area (Å²) in [5.41, 5.74) is 7.18. The number of hydrogen-bond acceptors (Lipinski definition) is 7. The van der Waals surface area contributed by atoms with Gasteiger partial charge in [0.05, 0.1) is 18.1 Å². The van der Waals surface area contributed by atoms with E-state index in [9.17, 15) is 19.2 Å². The zero-order chi connectivity index (χ0) is 28.4. The van der Waals surface area contributed by atoms with Crippen molar-refractivity contribution in [2.75, 3.05) is 44.2 Å². The van der Waals surface area contributed by atoms with E-state index < -0.39 is 17.6 Å². The van der Waals surface area contributed by atoms with E-state index >= 15 is 0 Å². The smallest absolute Gasteiger partial charge is 0.251 e. The van der Waals surface area contributed by atoms with Crippen LogP contribution in [0.15, 0.2) is 24.3 Å². The molecule has 1 aliphatic carbocycles. The molecule has 10 nitrogen and oxygen atoms in total. The van der Waals surface area contributed by atoms with Crippen molar-refractivity contribution >= 4 is 29.2 Å². The van der Waals surface area contributed by atoms with Gasteiger partial charge >= 0.3 is 0 Å². The molecule has 4 fully saturated rings. The lowest BCUT2D eigenvalue weighted by atomic mass is 9.81. The van der Waals surface area contributed by atoms with Crippen LogP contribution in [0.2, 0.25) is 0 Å². The van der Waals surface area contributed by atoms with Crippen molar-refractivity contribution in [2.24, 2.45) is 11.7 Å². The maximum atomic E-state index is 13.9. The fraction of sp³-hybridized carbons (Fsp3) is 0.667. The lowest BCUT2D eigenvalue weighted by Crippen LogP contribution is -2.58. The molecular weight excluding hydrogens is 508 g/mol.